The summed E-state index contributed by atoms with van der Waals surface area (Å²) in [6.45, 7) is 8.32. The Hall–Kier alpha value is -0.330. The van der Waals surface area contributed by atoms with Crippen LogP contribution in [0.3, 0.4) is 0 Å². The first-order valence-corrected chi connectivity index (χ1v) is 6.74. The molecule has 1 fully saturated rings. The Morgan fingerprint density at radius 3 is 2.37 bits per heavy atom. The van der Waals surface area contributed by atoms with E-state index in [2.05, 4.69) is 4.90 Å². The van der Waals surface area contributed by atoms with Crippen molar-refractivity contribution in [1.82, 2.24) is 4.90 Å². The zero-order valence-corrected chi connectivity index (χ0v) is 12.0. The zero-order valence-electron chi connectivity index (χ0n) is 12.0. The van der Waals surface area contributed by atoms with Crippen molar-refractivity contribution in [3.8, 4) is 0 Å². The molecular formula is C13H25F3N2O. The van der Waals surface area contributed by atoms with Crippen molar-refractivity contribution in [3.05, 3.63) is 0 Å². The van der Waals surface area contributed by atoms with Crippen LogP contribution in [0.4, 0.5) is 13.2 Å². The lowest BCUT2D eigenvalue weighted by Gasteiger charge is -2.48. The van der Waals surface area contributed by atoms with E-state index < -0.39 is 12.6 Å². The van der Waals surface area contributed by atoms with E-state index in [-0.39, 0.29) is 17.6 Å². The van der Waals surface area contributed by atoms with Gasteiger partial charge < -0.3 is 10.5 Å². The quantitative estimate of drug-likeness (QED) is 0.842. The largest absolute Gasteiger partial charge is 0.389 e. The summed E-state index contributed by atoms with van der Waals surface area (Å²) in [5.41, 5.74) is 5.16. The molecule has 0 aromatic rings. The van der Waals surface area contributed by atoms with E-state index >= 15 is 0 Å². The van der Waals surface area contributed by atoms with Crippen LogP contribution in [0.25, 0.3) is 0 Å². The van der Waals surface area contributed by atoms with Gasteiger partial charge in [-0.15, -0.1) is 0 Å². The Labute approximate surface area is 113 Å². The molecule has 3 nitrogen and oxygen atoms in total. The fourth-order valence-electron chi connectivity index (χ4n) is 2.54. The summed E-state index contributed by atoms with van der Waals surface area (Å²) in [6, 6.07) is 0. The number of halogens is 3. The van der Waals surface area contributed by atoms with E-state index in [0.717, 1.165) is 6.54 Å². The van der Waals surface area contributed by atoms with Crippen LogP contribution in [0.15, 0.2) is 0 Å². The molecule has 0 bridgehead atoms. The van der Waals surface area contributed by atoms with E-state index in [1.807, 2.05) is 20.8 Å². The SMILES string of the molecule is CC1(C)CN(C(C)(CN)CCCC(F)(F)F)CCO1. The van der Waals surface area contributed by atoms with E-state index in [1.54, 1.807) is 0 Å². The van der Waals surface area contributed by atoms with Gasteiger partial charge in [-0.25, -0.2) is 0 Å². The van der Waals surface area contributed by atoms with Gasteiger partial charge in [0.1, 0.15) is 0 Å². The molecule has 1 aliphatic rings. The van der Waals surface area contributed by atoms with Crippen LogP contribution >= 0.6 is 0 Å². The Morgan fingerprint density at radius 2 is 1.89 bits per heavy atom. The van der Waals surface area contributed by atoms with Crippen molar-refractivity contribution in [2.24, 2.45) is 5.73 Å². The van der Waals surface area contributed by atoms with Crippen molar-refractivity contribution in [1.29, 1.82) is 0 Å². The van der Waals surface area contributed by atoms with Gasteiger partial charge in [0.25, 0.3) is 0 Å². The highest BCUT2D eigenvalue weighted by Crippen LogP contribution is 2.30. The molecule has 0 spiro atoms. The number of alkyl halides is 3. The van der Waals surface area contributed by atoms with E-state index in [4.69, 9.17) is 10.5 Å². The van der Waals surface area contributed by atoms with Crippen LogP contribution in [-0.4, -0.2) is 48.5 Å². The minimum absolute atomic E-state index is 0.120. The second-order valence-corrected chi connectivity index (χ2v) is 6.20. The van der Waals surface area contributed by atoms with E-state index in [9.17, 15) is 13.2 Å². The highest BCUT2D eigenvalue weighted by molar-refractivity contribution is 4.92. The number of nitrogens with zero attached hydrogens (tertiary/aromatic N) is 1. The first-order valence-electron chi connectivity index (χ1n) is 6.74. The number of hydrogen-bond acceptors (Lipinski definition) is 3. The van der Waals surface area contributed by atoms with Crippen LogP contribution in [-0.2, 0) is 4.74 Å². The van der Waals surface area contributed by atoms with Gasteiger partial charge in [0, 0.05) is 31.6 Å². The van der Waals surface area contributed by atoms with Crippen LogP contribution in [0.2, 0.25) is 0 Å². The molecule has 1 saturated heterocycles. The van der Waals surface area contributed by atoms with Crippen LogP contribution in [0.1, 0.15) is 40.0 Å². The number of rotatable bonds is 5. The molecular weight excluding hydrogens is 257 g/mol. The fourth-order valence-corrected chi connectivity index (χ4v) is 2.54. The maximum absolute atomic E-state index is 12.2. The fraction of sp³-hybridized carbons (Fsp3) is 1.00. The number of nitrogens with two attached hydrogens (primary N) is 1. The average molecular weight is 282 g/mol. The van der Waals surface area contributed by atoms with Gasteiger partial charge in [-0.3, -0.25) is 4.90 Å². The molecule has 0 radical (unpaired) electrons. The smallest absolute Gasteiger partial charge is 0.373 e. The molecule has 114 valence electrons. The van der Waals surface area contributed by atoms with Crippen LogP contribution in [0, 0.1) is 0 Å². The van der Waals surface area contributed by atoms with Gasteiger partial charge in [0.05, 0.1) is 12.2 Å². The number of morpholine rings is 1. The second kappa shape index (κ2) is 5.97. The number of ether oxygens (including phenoxy) is 1. The van der Waals surface area contributed by atoms with Gasteiger partial charge in [0.2, 0.25) is 0 Å². The van der Waals surface area contributed by atoms with Gasteiger partial charge in [0.15, 0.2) is 0 Å². The van der Waals surface area contributed by atoms with Crippen molar-refractivity contribution < 1.29 is 17.9 Å². The van der Waals surface area contributed by atoms with Crippen molar-refractivity contribution in [2.45, 2.75) is 57.3 Å². The minimum atomic E-state index is -4.08. The molecule has 1 unspecified atom stereocenters. The lowest BCUT2D eigenvalue weighted by Crippen LogP contribution is -2.60. The lowest BCUT2D eigenvalue weighted by atomic mass is 9.90. The van der Waals surface area contributed by atoms with Crippen LogP contribution in [0.5, 0.6) is 0 Å². The summed E-state index contributed by atoms with van der Waals surface area (Å²) in [6.07, 6.45) is -4.25. The van der Waals surface area contributed by atoms with Gasteiger partial charge in [-0.1, -0.05) is 0 Å². The molecule has 0 amide bonds. The predicted octanol–water partition coefficient (Wildman–Crippen LogP) is 2.55. The summed E-state index contributed by atoms with van der Waals surface area (Å²) in [4.78, 5) is 2.17. The Balaban J connectivity index is 2.58. The molecule has 2 N–H and O–H groups in total. The molecule has 19 heavy (non-hydrogen) atoms. The van der Waals surface area contributed by atoms with Gasteiger partial charge >= 0.3 is 6.18 Å². The minimum Gasteiger partial charge on any atom is -0.373 e. The Morgan fingerprint density at radius 1 is 1.26 bits per heavy atom. The van der Waals surface area contributed by atoms with E-state index in [0.29, 0.717) is 26.1 Å². The Kier molecular flexibility index (Phi) is 5.26. The molecule has 0 aromatic heterocycles. The molecule has 1 heterocycles. The van der Waals surface area contributed by atoms with Gasteiger partial charge in [-0.05, 0) is 33.6 Å². The second-order valence-electron chi connectivity index (χ2n) is 6.20. The highest BCUT2D eigenvalue weighted by Gasteiger charge is 2.38. The first kappa shape index (κ1) is 16.7. The third-order valence-corrected chi connectivity index (χ3v) is 3.80. The molecule has 1 atom stereocenters. The van der Waals surface area contributed by atoms with Crippen LogP contribution < -0.4 is 5.73 Å². The maximum atomic E-state index is 12.2. The normalized spacial score (nSPS) is 24.2. The summed E-state index contributed by atoms with van der Waals surface area (Å²) in [5.74, 6) is 0. The van der Waals surface area contributed by atoms with Gasteiger partial charge in [-0.2, -0.15) is 13.2 Å². The summed E-state index contributed by atoms with van der Waals surface area (Å²) < 4.78 is 42.3. The Bertz CT molecular complexity index is 294. The lowest BCUT2D eigenvalue weighted by molar-refractivity contribution is -0.140. The highest BCUT2D eigenvalue weighted by atomic mass is 19.4. The zero-order chi connectivity index (χ0) is 14.7. The summed E-state index contributed by atoms with van der Waals surface area (Å²) in [5, 5.41) is 0. The standard InChI is InChI=1S/C13H25F3N2O/c1-11(2)10-18(7-8-19-11)12(3,9-17)5-4-6-13(14,15)16/h4-10,17H2,1-3H3. The first-order chi connectivity index (χ1) is 8.58. The topological polar surface area (TPSA) is 38.5 Å². The molecule has 0 aliphatic carbocycles. The maximum Gasteiger partial charge on any atom is 0.389 e. The average Bonchev–Trinajstić information content (AvgIpc) is 2.25. The predicted molar refractivity (Wildman–Crippen MR) is 69.0 cm³/mol. The summed E-state index contributed by atoms with van der Waals surface area (Å²) >= 11 is 0. The molecule has 6 heteroatoms. The summed E-state index contributed by atoms with van der Waals surface area (Å²) in [7, 11) is 0. The van der Waals surface area contributed by atoms with Crippen molar-refractivity contribution in [2.75, 3.05) is 26.2 Å². The monoisotopic (exact) mass is 282 g/mol. The molecule has 1 aliphatic heterocycles. The molecule has 0 aromatic carbocycles. The number of hydrogen-bond donors (Lipinski definition) is 1. The molecule has 1 rings (SSSR count). The third-order valence-electron chi connectivity index (χ3n) is 3.80. The third kappa shape index (κ3) is 5.28. The van der Waals surface area contributed by atoms with Crippen molar-refractivity contribution >= 4 is 0 Å². The van der Waals surface area contributed by atoms with E-state index in [1.165, 1.54) is 0 Å². The van der Waals surface area contributed by atoms with Crippen molar-refractivity contribution in [3.63, 3.8) is 0 Å². The molecule has 0 saturated carbocycles.